The molecular weight excluding hydrogens is 720 g/mol. The Morgan fingerprint density at radius 1 is 0.980 bits per heavy atom. The average Bonchev–Trinajstić information content (AvgIpc) is 3.12. The number of methoxy groups -OCH3 is 1. The van der Waals surface area contributed by atoms with Gasteiger partial charge < -0.3 is 25.2 Å². The molecule has 2 aromatic carbocycles. The lowest BCUT2D eigenvalue weighted by molar-refractivity contribution is -0.0360. The second kappa shape index (κ2) is 14.1. The lowest BCUT2D eigenvalue weighted by Crippen LogP contribution is -2.64. The van der Waals surface area contributed by atoms with Crippen molar-refractivity contribution in [2.75, 3.05) is 73.5 Å². The van der Waals surface area contributed by atoms with Gasteiger partial charge in [0.25, 0.3) is 0 Å². The number of rotatable bonds is 10. The van der Waals surface area contributed by atoms with Gasteiger partial charge in [0.05, 0.1) is 34.7 Å². The summed E-state index contributed by atoms with van der Waals surface area (Å²) in [5.74, 6) is 1.50. The van der Waals surface area contributed by atoms with Crippen LogP contribution in [0.25, 0.3) is 11.0 Å². The molecule has 4 fully saturated rings. The van der Waals surface area contributed by atoms with Gasteiger partial charge in [-0.2, -0.15) is 4.98 Å². The minimum Gasteiger partial charge on any atom is -0.494 e. The molecular formula is C35H45BrN10O3S. The minimum absolute atomic E-state index is 0.352. The Labute approximate surface area is 302 Å². The van der Waals surface area contributed by atoms with E-state index in [2.05, 4.69) is 82.3 Å². The SMILES string of the molecule is CCc1cc(Nc2ncc(Br)c(Nc3ccc4nccnc4c3N(C)S(C)(=O)=O)n2)c(OC)cc1N1CCC(N2CC3CCC2CN3C)CC1. The van der Waals surface area contributed by atoms with Gasteiger partial charge in [0.15, 0.2) is 0 Å². The van der Waals surface area contributed by atoms with Crippen LogP contribution in [0.4, 0.5) is 34.5 Å². The van der Waals surface area contributed by atoms with Crippen molar-refractivity contribution in [2.45, 2.75) is 57.2 Å². The first-order valence-corrected chi connectivity index (χ1v) is 19.8. The van der Waals surface area contributed by atoms with E-state index in [9.17, 15) is 8.42 Å². The maximum atomic E-state index is 12.6. The van der Waals surface area contributed by atoms with Crippen LogP contribution in [0, 0.1) is 0 Å². The number of fused-ring (bicyclic) bond motifs is 4. The number of nitrogens with one attached hydrogen (secondary N) is 2. The number of nitrogens with zero attached hydrogens (tertiary/aromatic N) is 8. The van der Waals surface area contributed by atoms with Crippen molar-refractivity contribution in [2.24, 2.45) is 0 Å². The molecule has 0 saturated carbocycles. The predicted octanol–water partition coefficient (Wildman–Crippen LogP) is 5.38. The first-order chi connectivity index (χ1) is 24.0. The first-order valence-electron chi connectivity index (χ1n) is 17.2. The van der Waals surface area contributed by atoms with Gasteiger partial charge in [0, 0.05) is 81.7 Å². The maximum absolute atomic E-state index is 12.6. The summed E-state index contributed by atoms with van der Waals surface area (Å²) in [6.07, 6.45) is 11.8. The Bertz CT molecular complexity index is 1990. The second-order valence-electron chi connectivity index (χ2n) is 13.5. The number of likely N-dealkylation sites (N-methyl/N-ethyl adjacent to an activating group) is 1. The van der Waals surface area contributed by atoms with E-state index in [4.69, 9.17) is 9.72 Å². The number of piperazine rings is 1. The van der Waals surface area contributed by atoms with Crippen molar-refractivity contribution in [3.63, 3.8) is 0 Å². The Morgan fingerprint density at radius 2 is 1.74 bits per heavy atom. The highest BCUT2D eigenvalue weighted by atomic mass is 79.9. The van der Waals surface area contributed by atoms with Crippen LogP contribution in [0.3, 0.4) is 0 Å². The predicted molar refractivity (Wildman–Crippen MR) is 203 cm³/mol. The van der Waals surface area contributed by atoms with Crippen LogP contribution in [0.5, 0.6) is 5.75 Å². The summed E-state index contributed by atoms with van der Waals surface area (Å²) >= 11 is 3.56. The topological polar surface area (TPSA) is 132 Å². The average molecular weight is 766 g/mol. The second-order valence-corrected chi connectivity index (χ2v) is 16.4. The number of hydrogen-bond donors (Lipinski definition) is 2. The van der Waals surface area contributed by atoms with E-state index in [1.165, 1.54) is 67.6 Å². The number of aromatic nitrogens is 4. The number of aryl methyl sites for hydroxylation is 1. The molecule has 50 heavy (non-hydrogen) atoms. The zero-order chi connectivity index (χ0) is 35.2. The van der Waals surface area contributed by atoms with Crippen LogP contribution >= 0.6 is 15.9 Å². The maximum Gasteiger partial charge on any atom is 0.232 e. The molecule has 4 aliphatic heterocycles. The monoisotopic (exact) mass is 764 g/mol. The summed E-state index contributed by atoms with van der Waals surface area (Å²) < 4.78 is 33.0. The number of piperidine rings is 3. The molecule has 4 aromatic rings. The van der Waals surface area contributed by atoms with Gasteiger partial charge >= 0.3 is 0 Å². The molecule has 0 aliphatic carbocycles. The van der Waals surface area contributed by atoms with Gasteiger partial charge in [0.2, 0.25) is 16.0 Å². The number of ether oxygens (including phenoxy) is 1. The van der Waals surface area contributed by atoms with Crippen molar-refractivity contribution in [3.8, 4) is 5.75 Å². The lowest BCUT2D eigenvalue weighted by Gasteiger charge is -2.54. The van der Waals surface area contributed by atoms with Crippen LogP contribution in [0.2, 0.25) is 0 Å². The first kappa shape index (κ1) is 34.6. The van der Waals surface area contributed by atoms with E-state index in [-0.39, 0.29) is 0 Å². The quantitative estimate of drug-likeness (QED) is 0.215. The highest BCUT2D eigenvalue weighted by Gasteiger charge is 2.41. The van der Waals surface area contributed by atoms with Crippen molar-refractivity contribution < 1.29 is 13.2 Å². The van der Waals surface area contributed by atoms with Crippen molar-refractivity contribution >= 4 is 71.5 Å². The molecule has 4 aliphatic rings. The molecule has 2 N–H and O–H groups in total. The summed E-state index contributed by atoms with van der Waals surface area (Å²) in [5, 5.41) is 6.67. The highest BCUT2D eigenvalue weighted by molar-refractivity contribution is 9.10. The minimum atomic E-state index is -3.61. The fourth-order valence-electron chi connectivity index (χ4n) is 7.79. The van der Waals surface area contributed by atoms with Gasteiger partial charge in [-0.05, 0) is 78.8 Å². The molecule has 8 rings (SSSR count). The Balaban J connectivity index is 1.11. The van der Waals surface area contributed by atoms with E-state index in [1.807, 2.05) is 0 Å². The van der Waals surface area contributed by atoms with Crippen molar-refractivity contribution in [1.82, 2.24) is 29.7 Å². The van der Waals surface area contributed by atoms with Crippen LogP contribution in [-0.4, -0.2) is 110 Å². The normalized spacial score (nSPS) is 20.3. The third kappa shape index (κ3) is 6.80. The Morgan fingerprint density at radius 3 is 2.42 bits per heavy atom. The van der Waals surface area contributed by atoms with Crippen LogP contribution < -0.4 is 24.6 Å². The molecule has 2 bridgehead atoms. The fourth-order valence-corrected chi connectivity index (χ4v) is 8.59. The molecule has 15 heteroatoms. The third-order valence-corrected chi connectivity index (χ3v) is 12.3. The molecule has 4 saturated heterocycles. The largest absolute Gasteiger partial charge is 0.494 e. The Hall–Kier alpha value is -3.79. The number of hydrogen-bond acceptors (Lipinski definition) is 12. The van der Waals surface area contributed by atoms with Crippen LogP contribution in [0.15, 0.2) is 47.3 Å². The van der Waals surface area contributed by atoms with Gasteiger partial charge in [0.1, 0.15) is 22.8 Å². The van der Waals surface area contributed by atoms with Crippen LogP contribution in [-0.2, 0) is 16.4 Å². The van der Waals surface area contributed by atoms with Crippen molar-refractivity contribution in [3.05, 3.63) is 52.9 Å². The van der Waals surface area contributed by atoms with E-state index in [1.54, 1.807) is 31.6 Å². The van der Waals surface area contributed by atoms with Gasteiger partial charge in [-0.25, -0.2) is 13.4 Å². The molecule has 266 valence electrons. The van der Waals surface area contributed by atoms with E-state index >= 15 is 0 Å². The van der Waals surface area contributed by atoms with Gasteiger partial charge in [-0.1, -0.05) is 6.92 Å². The summed E-state index contributed by atoms with van der Waals surface area (Å²) in [4.78, 5) is 26.0. The molecule has 6 heterocycles. The summed E-state index contributed by atoms with van der Waals surface area (Å²) in [5.41, 5.74) is 5.09. The molecule has 2 aromatic heterocycles. The Kier molecular flexibility index (Phi) is 9.76. The van der Waals surface area contributed by atoms with E-state index in [0.29, 0.717) is 62.5 Å². The molecule has 2 atom stereocenters. The smallest absolute Gasteiger partial charge is 0.232 e. The highest BCUT2D eigenvalue weighted by Crippen LogP contribution is 2.40. The zero-order valence-corrected chi connectivity index (χ0v) is 31.6. The summed E-state index contributed by atoms with van der Waals surface area (Å²) in [6, 6.07) is 9.90. The molecule has 2 unspecified atom stereocenters. The third-order valence-electron chi connectivity index (χ3n) is 10.6. The zero-order valence-electron chi connectivity index (χ0n) is 29.2. The van der Waals surface area contributed by atoms with Gasteiger partial charge in [-0.15, -0.1) is 0 Å². The molecule has 0 radical (unpaired) electrons. The van der Waals surface area contributed by atoms with E-state index < -0.39 is 10.0 Å². The van der Waals surface area contributed by atoms with Crippen LogP contribution in [0.1, 0.15) is 38.2 Å². The lowest BCUT2D eigenvalue weighted by atomic mass is 9.88. The fraction of sp³-hybridized carbons (Fsp3) is 0.486. The van der Waals surface area contributed by atoms with Gasteiger partial charge in [-0.3, -0.25) is 19.2 Å². The number of benzene rings is 2. The number of halogens is 1. The molecule has 0 spiro atoms. The summed E-state index contributed by atoms with van der Waals surface area (Å²) in [6.45, 7) is 6.65. The number of anilines is 6. The molecule has 0 amide bonds. The number of sulfonamides is 1. The van der Waals surface area contributed by atoms with Crippen molar-refractivity contribution in [1.29, 1.82) is 0 Å². The standard InChI is InChI=1S/C35H45BrN10O3S/c1-6-22-17-29(31(49-4)18-30(22)45-15-11-23(12-16-45)46-21-24-7-8-25(46)20-43(24)2)41-35-39-19-26(36)34(42-35)40-28-10-9-27-32(38-14-13-37-27)33(28)44(3)50(5,47)48/h9-10,13-14,17-19,23-25H,6-8,11-12,15-16,20-21H2,1-5H3,(H2,39,40,41,42). The summed E-state index contributed by atoms with van der Waals surface area (Å²) in [7, 11) is 1.85. The molecule has 13 nitrogen and oxygen atoms in total. The van der Waals surface area contributed by atoms with E-state index in [0.717, 1.165) is 31.5 Å².